The molecule has 0 saturated heterocycles. The van der Waals surface area contributed by atoms with Crippen molar-refractivity contribution < 1.29 is 14.3 Å². The van der Waals surface area contributed by atoms with Gasteiger partial charge in [-0.15, -0.1) is 4.99 Å². The number of hydrogen-bond donors (Lipinski definition) is 3. The molecule has 2 fully saturated rings. The standard InChI is InChI=1S/C10H16N4O3/c1-17-10(13-8(15)11-6-2-3-6)14-9(16)12-7-4-5-7/h6-7H,2-5H2,1H3,(H3,11,12,13,14,15,16). The van der Waals surface area contributed by atoms with Crippen LogP contribution in [0.5, 0.6) is 0 Å². The third-order valence-electron chi connectivity index (χ3n) is 2.43. The van der Waals surface area contributed by atoms with Crippen molar-refractivity contribution in [1.82, 2.24) is 16.0 Å². The molecular weight excluding hydrogens is 224 g/mol. The molecule has 2 saturated carbocycles. The lowest BCUT2D eigenvalue weighted by molar-refractivity contribution is 0.241. The van der Waals surface area contributed by atoms with E-state index >= 15 is 0 Å². The van der Waals surface area contributed by atoms with E-state index in [1.54, 1.807) is 0 Å². The number of aliphatic imine (C=N–C) groups is 1. The van der Waals surface area contributed by atoms with E-state index in [1.165, 1.54) is 7.11 Å². The minimum Gasteiger partial charge on any atom is -0.468 e. The predicted octanol–water partition coefficient (Wildman–Crippen LogP) is 0.322. The van der Waals surface area contributed by atoms with E-state index in [9.17, 15) is 9.59 Å². The van der Waals surface area contributed by atoms with Crippen LogP contribution in [0, 0.1) is 0 Å². The molecule has 0 aromatic heterocycles. The molecule has 2 aliphatic rings. The minimum absolute atomic E-state index is 0.0960. The second-order valence-corrected chi connectivity index (χ2v) is 4.22. The number of nitrogens with one attached hydrogen (secondary N) is 3. The Bertz CT molecular complexity index is 347. The van der Waals surface area contributed by atoms with Crippen LogP contribution in [0.15, 0.2) is 4.99 Å². The van der Waals surface area contributed by atoms with E-state index in [2.05, 4.69) is 20.9 Å². The normalized spacial score (nSPS) is 19.5. The van der Waals surface area contributed by atoms with Crippen LogP contribution in [0.3, 0.4) is 0 Å². The van der Waals surface area contributed by atoms with Gasteiger partial charge in [0.15, 0.2) is 0 Å². The number of amides is 4. The number of rotatable bonds is 2. The van der Waals surface area contributed by atoms with E-state index in [0.717, 1.165) is 25.7 Å². The summed E-state index contributed by atoms with van der Waals surface area (Å²) in [5, 5.41) is 7.75. The summed E-state index contributed by atoms with van der Waals surface area (Å²) in [4.78, 5) is 26.3. The van der Waals surface area contributed by atoms with Gasteiger partial charge in [-0.2, -0.15) is 0 Å². The Morgan fingerprint density at radius 1 is 1.12 bits per heavy atom. The Balaban J connectivity index is 1.78. The summed E-state index contributed by atoms with van der Waals surface area (Å²) < 4.78 is 4.81. The van der Waals surface area contributed by atoms with Gasteiger partial charge in [0.1, 0.15) is 0 Å². The van der Waals surface area contributed by atoms with Gasteiger partial charge in [-0.3, -0.25) is 5.32 Å². The molecule has 0 bridgehead atoms. The van der Waals surface area contributed by atoms with Crippen molar-refractivity contribution in [2.45, 2.75) is 37.8 Å². The Kier molecular flexibility index (Phi) is 3.46. The second kappa shape index (κ2) is 5.03. The molecule has 0 heterocycles. The fourth-order valence-corrected chi connectivity index (χ4v) is 1.20. The summed E-state index contributed by atoms with van der Waals surface area (Å²) in [6, 6.07) is -0.511. The Morgan fingerprint density at radius 3 is 2.24 bits per heavy atom. The van der Waals surface area contributed by atoms with Crippen LogP contribution in [-0.2, 0) is 4.74 Å². The molecule has 2 rings (SSSR count). The highest BCUT2D eigenvalue weighted by molar-refractivity contribution is 5.98. The van der Waals surface area contributed by atoms with Gasteiger partial charge in [0.25, 0.3) is 0 Å². The van der Waals surface area contributed by atoms with Crippen LogP contribution in [0.1, 0.15) is 25.7 Å². The summed E-state index contributed by atoms with van der Waals surface area (Å²) in [7, 11) is 1.35. The molecule has 0 radical (unpaired) electrons. The Hall–Kier alpha value is -1.79. The van der Waals surface area contributed by atoms with Gasteiger partial charge in [0.2, 0.25) is 0 Å². The first-order valence-corrected chi connectivity index (χ1v) is 5.68. The molecule has 0 aromatic carbocycles. The van der Waals surface area contributed by atoms with Crippen molar-refractivity contribution in [1.29, 1.82) is 0 Å². The third-order valence-corrected chi connectivity index (χ3v) is 2.43. The number of carbonyl (C=O) groups is 2. The molecule has 0 aliphatic heterocycles. The number of hydrogen-bond acceptors (Lipinski definition) is 3. The van der Waals surface area contributed by atoms with Crippen LogP contribution in [-0.4, -0.2) is 37.3 Å². The average molecular weight is 240 g/mol. The molecule has 2 aliphatic carbocycles. The quantitative estimate of drug-likeness (QED) is 0.479. The van der Waals surface area contributed by atoms with Gasteiger partial charge in [0.05, 0.1) is 7.11 Å². The first-order chi connectivity index (χ1) is 8.17. The molecule has 17 heavy (non-hydrogen) atoms. The molecule has 0 aromatic rings. The molecule has 3 N–H and O–H groups in total. The van der Waals surface area contributed by atoms with Crippen molar-refractivity contribution in [3.8, 4) is 0 Å². The first kappa shape index (κ1) is 11.7. The summed E-state index contributed by atoms with van der Waals surface area (Å²) in [5.41, 5.74) is 0. The van der Waals surface area contributed by atoms with Crippen molar-refractivity contribution >= 4 is 18.1 Å². The van der Waals surface area contributed by atoms with Gasteiger partial charge in [-0.25, -0.2) is 9.59 Å². The van der Waals surface area contributed by atoms with Gasteiger partial charge in [-0.1, -0.05) is 0 Å². The fraction of sp³-hybridized carbons (Fsp3) is 0.700. The van der Waals surface area contributed by atoms with E-state index < -0.39 is 12.1 Å². The zero-order chi connectivity index (χ0) is 12.3. The second-order valence-electron chi connectivity index (χ2n) is 4.22. The molecule has 7 nitrogen and oxygen atoms in total. The molecule has 0 spiro atoms. The van der Waals surface area contributed by atoms with E-state index in [0.29, 0.717) is 0 Å². The zero-order valence-corrected chi connectivity index (χ0v) is 9.66. The maximum atomic E-state index is 11.4. The van der Waals surface area contributed by atoms with Crippen LogP contribution < -0.4 is 16.0 Å². The fourth-order valence-electron chi connectivity index (χ4n) is 1.20. The van der Waals surface area contributed by atoms with Gasteiger partial charge >= 0.3 is 18.1 Å². The molecule has 0 unspecified atom stereocenters. The molecule has 94 valence electrons. The van der Waals surface area contributed by atoms with Gasteiger partial charge in [0, 0.05) is 12.1 Å². The number of carbonyl (C=O) groups excluding carboxylic acids is 2. The van der Waals surface area contributed by atoms with Crippen LogP contribution in [0.4, 0.5) is 9.59 Å². The van der Waals surface area contributed by atoms with E-state index in [4.69, 9.17) is 4.74 Å². The summed E-state index contributed by atoms with van der Waals surface area (Å²) >= 11 is 0. The van der Waals surface area contributed by atoms with E-state index in [-0.39, 0.29) is 18.1 Å². The summed E-state index contributed by atoms with van der Waals surface area (Å²) in [5.74, 6) is 0. The predicted molar refractivity (Wildman–Crippen MR) is 60.7 cm³/mol. The Labute approximate surface area is 99.0 Å². The van der Waals surface area contributed by atoms with Crippen molar-refractivity contribution in [2.75, 3.05) is 7.11 Å². The number of methoxy groups -OCH3 is 1. The number of amidine groups is 1. The monoisotopic (exact) mass is 240 g/mol. The van der Waals surface area contributed by atoms with E-state index in [1.807, 2.05) is 0 Å². The minimum atomic E-state index is -0.490. The topological polar surface area (TPSA) is 91.8 Å². The maximum Gasteiger partial charge on any atom is 0.345 e. The van der Waals surface area contributed by atoms with Crippen molar-refractivity contribution in [3.05, 3.63) is 0 Å². The largest absolute Gasteiger partial charge is 0.468 e. The number of ether oxygens (including phenoxy) is 1. The lowest BCUT2D eigenvalue weighted by Crippen LogP contribution is -2.42. The number of nitrogens with zero attached hydrogens (tertiary/aromatic N) is 1. The van der Waals surface area contributed by atoms with Gasteiger partial charge in [-0.05, 0) is 25.7 Å². The maximum absolute atomic E-state index is 11.4. The zero-order valence-electron chi connectivity index (χ0n) is 9.66. The molecule has 7 heteroatoms. The van der Waals surface area contributed by atoms with Crippen molar-refractivity contribution in [2.24, 2.45) is 4.99 Å². The number of urea groups is 2. The summed E-state index contributed by atoms with van der Waals surface area (Å²) in [6.45, 7) is 0. The van der Waals surface area contributed by atoms with Crippen LogP contribution >= 0.6 is 0 Å². The third kappa shape index (κ3) is 4.29. The lowest BCUT2D eigenvalue weighted by atomic mass is 10.7. The lowest BCUT2D eigenvalue weighted by Gasteiger charge is -2.07. The Morgan fingerprint density at radius 2 is 1.71 bits per heavy atom. The van der Waals surface area contributed by atoms with Crippen LogP contribution in [0.25, 0.3) is 0 Å². The first-order valence-electron chi connectivity index (χ1n) is 5.68. The highest BCUT2D eigenvalue weighted by Gasteiger charge is 2.25. The molecule has 4 amide bonds. The highest BCUT2D eigenvalue weighted by Crippen LogP contribution is 2.18. The highest BCUT2D eigenvalue weighted by atomic mass is 16.5. The summed E-state index contributed by atoms with van der Waals surface area (Å²) in [6.07, 6.45) is 3.96. The molecule has 0 atom stereocenters. The average Bonchev–Trinajstić information content (AvgIpc) is 3.12. The smallest absolute Gasteiger partial charge is 0.345 e. The molecular formula is C10H16N4O3. The van der Waals surface area contributed by atoms with Gasteiger partial charge < -0.3 is 15.4 Å². The van der Waals surface area contributed by atoms with Crippen molar-refractivity contribution in [3.63, 3.8) is 0 Å². The SMILES string of the molecule is COC(=NC(=O)NC1CC1)NC(=O)NC1CC1. The van der Waals surface area contributed by atoms with Crippen LogP contribution in [0.2, 0.25) is 0 Å².